The number of fused-ring (bicyclic) bond motifs is 2. The smallest absolute Gasteiger partial charge is 0.144 e. The fraction of sp³-hybridized carbons (Fsp3) is 0.600. The van der Waals surface area contributed by atoms with Gasteiger partial charge >= 0.3 is 0 Å². The van der Waals surface area contributed by atoms with Gasteiger partial charge in [-0.15, -0.1) is 0 Å². The molecule has 0 amide bonds. The zero-order chi connectivity index (χ0) is 13.2. The first-order valence-corrected chi connectivity index (χ1v) is 7.06. The topological polar surface area (TPSA) is 52.0 Å². The zero-order valence-electron chi connectivity index (χ0n) is 11.3. The number of nitrogens with zero attached hydrogens (tertiary/aromatic N) is 3. The van der Waals surface area contributed by atoms with Gasteiger partial charge in [0.1, 0.15) is 11.8 Å². The Hall–Kier alpha value is -1.44. The molecular weight excluding hydrogens is 236 g/mol. The van der Waals surface area contributed by atoms with E-state index < -0.39 is 0 Å². The molecule has 2 atom stereocenters. The van der Waals surface area contributed by atoms with Crippen LogP contribution in [0.1, 0.15) is 36.9 Å². The third-order valence-corrected chi connectivity index (χ3v) is 4.49. The first-order chi connectivity index (χ1) is 9.26. The lowest BCUT2D eigenvalue weighted by Gasteiger charge is -2.35. The summed E-state index contributed by atoms with van der Waals surface area (Å²) in [6.07, 6.45) is 6.80. The van der Waals surface area contributed by atoms with Gasteiger partial charge in [0.25, 0.3) is 0 Å². The maximum absolute atomic E-state index is 9.09. The summed E-state index contributed by atoms with van der Waals surface area (Å²) in [6.45, 7) is 0.820. The first-order valence-electron chi connectivity index (χ1n) is 7.06. The molecule has 100 valence electrons. The van der Waals surface area contributed by atoms with E-state index in [0.717, 1.165) is 12.1 Å². The van der Waals surface area contributed by atoms with Crippen LogP contribution in [-0.2, 0) is 6.54 Å². The van der Waals surface area contributed by atoms with Crippen molar-refractivity contribution in [2.24, 2.45) is 0 Å². The van der Waals surface area contributed by atoms with Gasteiger partial charge in [0.2, 0.25) is 0 Å². The maximum Gasteiger partial charge on any atom is 0.144 e. The Labute approximate surface area is 114 Å². The first kappa shape index (κ1) is 12.6. The van der Waals surface area contributed by atoms with Crippen molar-refractivity contribution < 1.29 is 0 Å². The van der Waals surface area contributed by atoms with Crippen molar-refractivity contribution in [3.05, 3.63) is 29.6 Å². The molecule has 19 heavy (non-hydrogen) atoms. The number of piperidine rings is 1. The average molecular weight is 256 g/mol. The number of rotatable bonds is 3. The quantitative estimate of drug-likeness (QED) is 0.893. The standard InChI is InChI=1S/C15H20N4/c1-19(10-11-3-2-6-17-15(11)9-16)14-7-12-4-5-13(8-14)18-12/h2-3,6,12-14,18H,4-5,7-8,10H2,1H3. The molecular formula is C15H20N4. The van der Waals surface area contributed by atoms with E-state index in [1.165, 1.54) is 25.7 Å². The molecule has 2 fully saturated rings. The molecule has 2 aliphatic rings. The SMILES string of the molecule is CN(Cc1cccnc1C#N)C1CC2CCC(C1)N2. The molecule has 0 radical (unpaired) electrons. The Kier molecular flexibility index (Phi) is 3.50. The van der Waals surface area contributed by atoms with Crippen molar-refractivity contribution in [1.29, 1.82) is 5.26 Å². The molecule has 2 aliphatic heterocycles. The summed E-state index contributed by atoms with van der Waals surface area (Å²) in [7, 11) is 2.17. The molecule has 4 heteroatoms. The van der Waals surface area contributed by atoms with Crippen LogP contribution in [-0.4, -0.2) is 35.1 Å². The molecule has 3 rings (SSSR count). The highest BCUT2D eigenvalue weighted by Crippen LogP contribution is 2.29. The number of aromatic nitrogens is 1. The Balaban J connectivity index is 1.68. The minimum absolute atomic E-state index is 0.561. The highest BCUT2D eigenvalue weighted by molar-refractivity contribution is 5.30. The van der Waals surface area contributed by atoms with Gasteiger partial charge in [-0.05, 0) is 38.8 Å². The molecule has 3 heterocycles. The van der Waals surface area contributed by atoms with Crippen LogP contribution in [0.4, 0.5) is 0 Å². The molecule has 2 bridgehead atoms. The van der Waals surface area contributed by atoms with E-state index in [1.807, 2.05) is 12.1 Å². The van der Waals surface area contributed by atoms with Crippen LogP contribution in [0.3, 0.4) is 0 Å². The van der Waals surface area contributed by atoms with Gasteiger partial charge < -0.3 is 5.32 Å². The summed E-state index contributed by atoms with van der Waals surface area (Å²) in [6, 6.07) is 8.15. The Bertz CT molecular complexity index is 481. The van der Waals surface area contributed by atoms with Crippen LogP contribution in [0.25, 0.3) is 0 Å². The van der Waals surface area contributed by atoms with E-state index in [4.69, 9.17) is 5.26 Å². The summed E-state index contributed by atoms with van der Waals surface area (Å²) in [5, 5.41) is 12.8. The highest BCUT2D eigenvalue weighted by Gasteiger charge is 2.35. The molecule has 0 aliphatic carbocycles. The maximum atomic E-state index is 9.09. The highest BCUT2D eigenvalue weighted by atomic mass is 15.2. The van der Waals surface area contributed by atoms with Gasteiger partial charge in [-0.2, -0.15) is 5.26 Å². The van der Waals surface area contributed by atoms with Crippen molar-refractivity contribution in [2.45, 2.75) is 50.4 Å². The second-order valence-corrected chi connectivity index (χ2v) is 5.80. The number of hydrogen-bond donors (Lipinski definition) is 1. The van der Waals surface area contributed by atoms with Crippen molar-refractivity contribution in [3.8, 4) is 6.07 Å². The molecule has 0 aromatic carbocycles. The largest absolute Gasteiger partial charge is 0.311 e. The van der Waals surface area contributed by atoms with Crippen LogP contribution < -0.4 is 5.32 Å². The van der Waals surface area contributed by atoms with Crippen LogP contribution in [0.2, 0.25) is 0 Å². The van der Waals surface area contributed by atoms with Gasteiger partial charge in [-0.3, -0.25) is 4.90 Å². The predicted molar refractivity (Wildman–Crippen MR) is 73.4 cm³/mol. The second-order valence-electron chi connectivity index (χ2n) is 5.80. The summed E-state index contributed by atoms with van der Waals surface area (Å²) < 4.78 is 0. The van der Waals surface area contributed by atoms with Gasteiger partial charge in [0.15, 0.2) is 0 Å². The lowest BCUT2D eigenvalue weighted by molar-refractivity contribution is 0.165. The lowest BCUT2D eigenvalue weighted by Crippen LogP contribution is -2.46. The molecule has 0 saturated carbocycles. The molecule has 4 nitrogen and oxygen atoms in total. The van der Waals surface area contributed by atoms with Crippen molar-refractivity contribution in [2.75, 3.05) is 7.05 Å². The van der Waals surface area contributed by atoms with E-state index in [-0.39, 0.29) is 0 Å². The molecule has 1 N–H and O–H groups in total. The van der Waals surface area contributed by atoms with Gasteiger partial charge in [0.05, 0.1) is 0 Å². The monoisotopic (exact) mass is 256 g/mol. The second kappa shape index (κ2) is 5.28. The summed E-state index contributed by atoms with van der Waals surface area (Å²) in [4.78, 5) is 6.53. The van der Waals surface area contributed by atoms with Crippen molar-refractivity contribution in [3.63, 3.8) is 0 Å². The van der Waals surface area contributed by atoms with Crippen molar-refractivity contribution in [1.82, 2.24) is 15.2 Å². The lowest BCUT2D eigenvalue weighted by atomic mass is 9.98. The third-order valence-electron chi connectivity index (χ3n) is 4.49. The zero-order valence-corrected chi connectivity index (χ0v) is 11.3. The number of hydrogen-bond acceptors (Lipinski definition) is 4. The average Bonchev–Trinajstić information content (AvgIpc) is 2.78. The molecule has 1 aromatic heterocycles. The number of nitrogens with one attached hydrogen (secondary N) is 1. The van der Waals surface area contributed by atoms with E-state index >= 15 is 0 Å². The predicted octanol–water partition coefficient (Wildman–Crippen LogP) is 1.67. The summed E-state index contributed by atoms with van der Waals surface area (Å²) in [5.74, 6) is 0. The summed E-state index contributed by atoms with van der Waals surface area (Å²) in [5.41, 5.74) is 1.60. The van der Waals surface area contributed by atoms with E-state index in [0.29, 0.717) is 23.8 Å². The Morgan fingerprint density at radius 1 is 1.42 bits per heavy atom. The normalized spacial score (nSPS) is 29.4. The fourth-order valence-corrected chi connectivity index (χ4v) is 3.45. The molecule has 1 aromatic rings. The van der Waals surface area contributed by atoms with Gasteiger partial charge in [0, 0.05) is 36.4 Å². The van der Waals surface area contributed by atoms with E-state index in [9.17, 15) is 0 Å². The van der Waals surface area contributed by atoms with E-state index in [2.05, 4.69) is 28.3 Å². The number of nitriles is 1. The third kappa shape index (κ3) is 2.63. The fourth-order valence-electron chi connectivity index (χ4n) is 3.45. The minimum Gasteiger partial charge on any atom is -0.311 e. The molecule has 0 spiro atoms. The van der Waals surface area contributed by atoms with Gasteiger partial charge in [-0.25, -0.2) is 4.98 Å². The number of pyridine rings is 1. The van der Waals surface area contributed by atoms with E-state index in [1.54, 1.807) is 6.20 Å². The Morgan fingerprint density at radius 3 is 2.84 bits per heavy atom. The van der Waals surface area contributed by atoms with Crippen LogP contribution in [0.5, 0.6) is 0 Å². The molecule has 2 unspecified atom stereocenters. The van der Waals surface area contributed by atoms with Crippen LogP contribution in [0, 0.1) is 11.3 Å². The van der Waals surface area contributed by atoms with Crippen molar-refractivity contribution >= 4 is 0 Å². The molecule has 2 saturated heterocycles. The summed E-state index contributed by atoms with van der Waals surface area (Å²) >= 11 is 0. The van der Waals surface area contributed by atoms with Gasteiger partial charge in [-0.1, -0.05) is 6.07 Å². The Morgan fingerprint density at radius 2 is 2.16 bits per heavy atom. The van der Waals surface area contributed by atoms with Crippen LogP contribution in [0.15, 0.2) is 18.3 Å². The minimum atomic E-state index is 0.561. The van der Waals surface area contributed by atoms with Crippen LogP contribution >= 0.6 is 0 Å².